The zero-order valence-corrected chi connectivity index (χ0v) is 17.7. The number of carboxylic acid groups (broad SMARTS) is 1. The lowest BCUT2D eigenvalue weighted by atomic mass is 10.0. The second-order valence-electron chi connectivity index (χ2n) is 7.72. The number of fused-ring (bicyclic) bond motifs is 3. The normalized spacial score (nSPS) is 12.2. The van der Waals surface area contributed by atoms with E-state index >= 15 is 0 Å². The lowest BCUT2D eigenvalue weighted by Crippen LogP contribution is -2.29. The Morgan fingerprint density at radius 3 is 2.64 bits per heavy atom. The van der Waals surface area contributed by atoms with E-state index in [2.05, 4.69) is 15.3 Å². The second-order valence-corrected chi connectivity index (χ2v) is 7.72. The van der Waals surface area contributed by atoms with E-state index in [1.54, 1.807) is 24.4 Å². The summed E-state index contributed by atoms with van der Waals surface area (Å²) < 4.78 is 7.00. The van der Waals surface area contributed by atoms with E-state index in [9.17, 15) is 14.7 Å². The molecule has 8 nitrogen and oxygen atoms in total. The number of aliphatic carboxylic acids is 1. The van der Waals surface area contributed by atoms with Gasteiger partial charge in [0.1, 0.15) is 29.1 Å². The molecule has 2 aromatic carbocycles. The highest BCUT2D eigenvalue weighted by Crippen LogP contribution is 2.31. The van der Waals surface area contributed by atoms with Gasteiger partial charge in [0.05, 0.1) is 6.20 Å². The van der Waals surface area contributed by atoms with Crippen molar-refractivity contribution >= 4 is 33.6 Å². The van der Waals surface area contributed by atoms with Crippen LogP contribution in [0.1, 0.15) is 18.5 Å². The smallest absolute Gasteiger partial charge is 0.323 e. The highest BCUT2D eigenvalue weighted by molar-refractivity contribution is 6.05. The zero-order valence-electron chi connectivity index (χ0n) is 17.7. The van der Waals surface area contributed by atoms with Crippen LogP contribution in [0.15, 0.2) is 82.3 Å². The van der Waals surface area contributed by atoms with Gasteiger partial charge in [0.2, 0.25) is 0 Å². The Balaban J connectivity index is 1.51. The molecule has 3 heterocycles. The molecule has 0 fully saturated rings. The van der Waals surface area contributed by atoms with Crippen molar-refractivity contribution < 1.29 is 14.3 Å². The summed E-state index contributed by atoms with van der Waals surface area (Å²) in [5.74, 6) is -0.939. The molecule has 0 aliphatic heterocycles. The third-order valence-electron chi connectivity index (χ3n) is 5.51. The number of para-hydroxylation sites is 1. The van der Waals surface area contributed by atoms with Gasteiger partial charge < -0.3 is 14.8 Å². The molecule has 5 rings (SSSR count). The molecule has 0 aliphatic rings. The summed E-state index contributed by atoms with van der Waals surface area (Å²) in [6.45, 7) is 1.41. The van der Waals surface area contributed by atoms with Crippen molar-refractivity contribution in [2.45, 2.75) is 19.5 Å². The van der Waals surface area contributed by atoms with Gasteiger partial charge in [-0.25, -0.2) is 4.98 Å². The number of nitrogens with one attached hydrogen (secondary N) is 1. The number of hydrogen-bond acceptors (Lipinski definition) is 6. The van der Waals surface area contributed by atoms with Gasteiger partial charge in [-0.3, -0.25) is 19.1 Å². The Hall–Kier alpha value is -4.46. The molecule has 5 aromatic rings. The fraction of sp³-hybridized carbons (Fsp3) is 0.120. The molecule has 8 heteroatoms. The molecule has 0 saturated heterocycles. The van der Waals surface area contributed by atoms with Crippen molar-refractivity contribution in [1.29, 1.82) is 0 Å². The Labute approximate surface area is 188 Å². The monoisotopic (exact) mass is 440 g/mol. The van der Waals surface area contributed by atoms with E-state index in [1.165, 1.54) is 6.20 Å². The van der Waals surface area contributed by atoms with Crippen LogP contribution in [0.3, 0.4) is 0 Å². The molecule has 164 valence electrons. The summed E-state index contributed by atoms with van der Waals surface area (Å²) in [5.41, 5.74) is 2.71. The van der Waals surface area contributed by atoms with Gasteiger partial charge in [-0.1, -0.05) is 30.3 Å². The molecule has 0 radical (unpaired) electrons. The van der Waals surface area contributed by atoms with Crippen LogP contribution in [0.25, 0.3) is 33.5 Å². The molecule has 3 aromatic heterocycles. The molecule has 33 heavy (non-hydrogen) atoms. The van der Waals surface area contributed by atoms with Crippen LogP contribution in [0, 0.1) is 0 Å². The van der Waals surface area contributed by atoms with Crippen molar-refractivity contribution in [3.8, 4) is 11.5 Å². The fourth-order valence-electron chi connectivity index (χ4n) is 3.90. The second kappa shape index (κ2) is 8.23. The van der Waals surface area contributed by atoms with Crippen LogP contribution >= 0.6 is 0 Å². The number of carbonyl (C=O) groups is 1. The summed E-state index contributed by atoms with van der Waals surface area (Å²) in [7, 11) is 0. The first-order valence-corrected chi connectivity index (χ1v) is 10.4. The van der Waals surface area contributed by atoms with Crippen molar-refractivity contribution in [3.05, 3.63) is 89.0 Å². The fourth-order valence-corrected chi connectivity index (χ4v) is 3.90. The summed E-state index contributed by atoms with van der Waals surface area (Å²) >= 11 is 0. The number of nitrogens with zero attached hydrogens (tertiary/aromatic N) is 3. The van der Waals surface area contributed by atoms with Crippen LogP contribution in [0.2, 0.25) is 0 Å². The van der Waals surface area contributed by atoms with Gasteiger partial charge in [0.25, 0.3) is 5.56 Å². The predicted octanol–water partition coefficient (Wildman–Crippen LogP) is 4.46. The van der Waals surface area contributed by atoms with Crippen molar-refractivity contribution in [2.75, 3.05) is 5.32 Å². The molecule has 1 atom stereocenters. The largest absolute Gasteiger partial charge is 0.480 e. The molecule has 0 amide bonds. The quantitative estimate of drug-likeness (QED) is 0.401. The molecule has 0 spiro atoms. The van der Waals surface area contributed by atoms with Gasteiger partial charge >= 0.3 is 5.97 Å². The molecule has 2 N–H and O–H groups in total. The maximum atomic E-state index is 13.2. The summed E-state index contributed by atoms with van der Waals surface area (Å²) in [6, 6.07) is 18.6. The Kier molecular flexibility index (Phi) is 5.10. The maximum Gasteiger partial charge on any atom is 0.323 e. The SMILES string of the molecule is C[C@H](Nc1cnc(-c2ccccn2)n(CC(=O)O)c1=O)c1ccc2oc3ccccc3c2c1. The highest BCUT2D eigenvalue weighted by atomic mass is 16.4. The van der Waals surface area contributed by atoms with Crippen LogP contribution in [0.4, 0.5) is 5.69 Å². The van der Waals surface area contributed by atoms with Gasteiger partial charge in [0.15, 0.2) is 5.82 Å². The molecule has 0 bridgehead atoms. The number of carboxylic acids is 1. The molecule has 0 unspecified atom stereocenters. The van der Waals surface area contributed by atoms with Crippen molar-refractivity contribution in [2.24, 2.45) is 0 Å². The van der Waals surface area contributed by atoms with E-state index in [1.807, 2.05) is 49.4 Å². The first-order valence-electron chi connectivity index (χ1n) is 10.4. The minimum Gasteiger partial charge on any atom is -0.480 e. The minimum absolute atomic E-state index is 0.201. The highest BCUT2D eigenvalue weighted by Gasteiger charge is 2.17. The number of furan rings is 1. The zero-order chi connectivity index (χ0) is 22.9. The number of aromatic nitrogens is 3. The summed E-state index contributed by atoms with van der Waals surface area (Å²) in [4.78, 5) is 33.1. The van der Waals surface area contributed by atoms with E-state index < -0.39 is 18.1 Å². The average molecular weight is 440 g/mol. The number of benzene rings is 2. The van der Waals surface area contributed by atoms with Crippen LogP contribution in [-0.4, -0.2) is 25.6 Å². The molecular weight excluding hydrogens is 420 g/mol. The van der Waals surface area contributed by atoms with Gasteiger partial charge in [-0.05, 0) is 42.8 Å². The predicted molar refractivity (Wildman–Crippen MR) is 125 cm³/mol. The summed E-state index contributed by atoms with van der Waals surface area (Å²) in [6.07, 6.45) is 2.99. The van der Waals surface area contributed by atoms with Crippen molar-refractivity contribution in [1.82, 2.24) is 14.5 Å². The first-order chi connectivity index (χ1) is 16.0. The first kappa shape index (κ1) is 20.4. The Morgan fingerprint density at radius 1 is 1.06 bits per heavy atom. The van der Waals surface area contributed by atoms with Gasteiger partial charge in [-0.2, -0.15) is 0 Å². The lowest BCUT2D eigenvalue weighted by Gasteiger charge is -2.17. The Morgan fingerprint density at radius 2 is 1.85 bits per heavy atom. The minimum atomic E-state index is -1.14. The van der Waals surface area contributed by atoms with E-state index in [0.717, 1.165) is 32.1 Å². The topological polar surface area (TPSA) is 110 Å². The standard InChI is InChI=1S/C25H20N4O4/c1-15(16-9-10-22-18(12-16)17-6-2-3-8-21(17)33-22)28-20-13-27-24(19-7-4-5-11-26-19)29(25(20)32)14-23(30)31/h2-13,15,28H,14H2,1H3,(H,30,31)/t15-/m0/s1. The number of hydrogen-bond donors (Lipinski definition) is 2. The number of rotatable bonds is 6. The van der Waals surface area contributed by atoms with Crippen LogP contribution in [-0.2, 0) is 11.3 Å². The van der Waals surface area contributed by atoms with Gasteiger partial charge in [0, 0.05) is 23.0 Å². The third kappa shape index (κ3) is 3.82. The summed E-state index contributed by atoms with van der Waals surface area (Å²) in [5, 5.41) is 14.5. The molecule has 0 aliphatic carbocycles. The lowest BCUT2D eigenvalue weighted by molar-refractivity contribution is -0.137. The van der Waals surface area contributed by atoms with Gasteiger partial charge in [-0.15, -0.1) is 0 Å². The van der Waals surface area contributed by atoms with Crippen LogP contribution in [0.5, 0.6) is 0 Å². The van der Waals surface area contributed by atoms with E-state index in [0.29, 0.717) is 5.69 Å². The van der Waals surface area contributed by atoms with E-state index in [-0.39, 0.29) is 17.6 Å². The number of pyridine rings is 1. The number of anilines is 1. The maximum absolute atomic E-state index is 13.2. The third-order valence-corrected chi connectivity index (χ3v) is 5.51. The average Bonchev–Trinajstić information content (AvgIpc) is 3.20. The molecule has 0 saturated carbocycles. The van der Waals surface area contributed by atoms with E-state index in [4.69, 9.17) is 4.42 Å². The Bertz CT molecular complexity index is 1540. The van der Waals surface area contributed by atoms with Crippen LogP contribution < -0.4 is 10.9 Å². The van der Waals surface area contributed by atoms with Crippen molar-refractivity contribution in [3.63, 3.8) is 0 Å². The molecular formula is C25H20N4O4.